The maximum absolute atomic E-state index is 11.7. The van der Waals surface area contributed by atoms with Crippen molar-refractivity contribution >= 4 is 21.8 Å². The minimum absolute atomic E-state index is 0.127. The number of benzene rings is 1. The van der Waals surface area contributed by atoms with Crippen molar-refractivity contribution in [2.75, 3.05) is 13.7 Å². The molecule has 0 atom stereocenters. The third-order valence-corrected chi connectivity index (χ3v) is 2.63. The molecule has 1 aromatic carbocycles. The van der Waals surface area contributed by atoms with Gasteiger partial charge in [-0.1, -0.05) is 12.2 Å². The Morgan fingerprint density at radius 1 is 1.56 bits per heavy atom. The van der Waals surface area contributed by atoms with Crippen LogP contribution in [0.3, 0.4) is 0 Å². The van der Waals surface area contributed by atoms with E-state index in [2.05, 4.69) is 27.8 Å². The fraction of sp³-hybridized carbons (Fsp3) is 0.250. The Kier molecular flexibility index (Phi) is 4.55. The van der Waals surface area contributed by atoms with Gasteiger partial charge in [0.25, 0.3) is 5.91 Å². The molecular weight excluding hydrogens is 270 g/mol. The molecule has 1 N–H and O–H groups in total. The van der Waals surface area contributed by atoms with E-state index in [1.165, 1.54) is 0 Å². The molecule has 0 fully saturated rings. The Hall–Kier alpha value is -1.29. The number of rotatable bonds is 4. The van der Waals surface area contributed by atoms with Gasteiger partial charge in [0.05, 0.1) is 12.7 Å². The monoisotopic (exact) mass is 283 g/mol. The first-order valence-electron chi connectivity index (χ1n) is 4.80. The van der Waals surface area contributed by atoms with Gasteiger partial charge in [-0.2, -0.15) is 0 Å². The highest BCUT2D eigenvalue weighted by atomic mass is 79.9. The molecule has 1 amide bonds. The van der Waals surface area contributed by atoms with Crippen LogP contribution >= 0.6 is 15.9 Å². The van der Waals surface area contributed by atoms with E-state index < -0.39 is 0 Å². The molecule has 0 bridgehead atoms. The van der Waals surface area contributed by atoms with E-state index in [-0.39, 0.29) is 5.91 Å². The zero-order valence-corrected chi connectivity index (χ0v) is 10.9. The van der Waals surface area contributed by atoms with Crippen LogP contribution in [0.4, 0.5) is 0 Å². The predicted molar refractivity (Wildman–Crippen MR) is 67.8 cm³/mol. The lowest BCUT2D eigenvalue weighted by Crippen LogP contribution is -2.25. The van der Waals surface area contributed by atoms with Crippen molar-refractivity contribution in [3.8, 4) is 5.75 Å². The maximum Gasteiger partial charge on any atom is 0.252 e. The quantitative estimate of drug-likeness (QED) is 0.863. The lowest BCUT2D eigenvalue weighted by atomic mass is 10.2. The van der Waals surface area contributed by atoms with Crippen molar-refractivity contribution in [3.05, 3.63) is 40.4 Å². The van der Waals surface area contributed by atoms with Crippen molar-refractivity contribution in [3.63, 3.8) is 0 Å². The average Bonchev–Trinajstić information content (AvgIpc) is 2.25. The molecule has 0 aliphatic rings. The van der Waals surface area contributed by atoms with Crippen LogP contribution in [0.25, 0.3) is 0 Å². The topological polar surface area (TPSA) is 38.3 Å². The van der Waals surface area contributed by atoms with E-state index >= 15 is 0 Å². The fourth-order valence-electron chi connectivity index (χ4n) is 1.13. The Bertz CT molecular complexity index is 415. The van der Waals surface area contributed by atoms with E-state index in [9.17, 15) is 4.79 Å². The summed E-state index contributed by atoms with van der Waals surface area (Å²) in [6.07, 6.45) is 0. The van der Waals surface area contributed by atoms with E-state index in [0.717, 1.165) is 5.57 Å². The SMILES string of the molecule is C=C(C)CNC(=O)c1ccc(OC)cc1Br. The predicted octanol–water partition coefficient (Wildman–Crippen LogP) is 2.76. The highest BCUT2D eigenvalue weighted by Crippen LogP contribution is 2.22. The minimum atomic E-state index is -0.127. The van der Waals surface area contributed by atoms with Gasteiger partial charge in [0.1, 0.15) is 5.75 Å². The molecule has 16 heavy (non-hydrogen) atoms. The Morgan fingerprint density at radius 3 is 2.75 bits per heavy atom. The van der Waals surface area contributed by atoms with E-state index in [4.69, 9.17) is 4.74 Å². The number of carbonyl (C=O) groups excluding carboxylic acids is 1. The van der Waals surface area contributed by atoms with Gasteiger partial charge in [-0.25, -0.2) is 0 Å². The lowest BCUT2D eigenvalue weighted by molar-refractivity contribution is 0.0956. The molecule has 4 heteroatoms. The molecule has 0 unspecified atom stereocenters. The number of methoxy groups -OCH3 is 1. The number of nitrogens with one attached hydrogen (secondary N) is 1. The molecular formula is C12H14BrNO2. The highest BCUT2D eigenvalue weighted by molar-refractivity contribution is 9.10. The lowest BCUT2D eigenvalue weighted by Gasteiger charge is -2.08. The zero-order valence-electron chi connectivity index (χ0n) is 9.34. The molecule has 0 heterocycles. The van der Waals surface area contributed by atoms with Crippen molar-refractivity contribution in [1.29, 1.82) is 0 Å². The number of hydrogen-bond acceptors (Lipinski definition) is 2. The molecule has 0 aromatic heterocycles. The standard InChI is InChI=1S/C12H14BrNO2/c1-8(2)7-14-12(15)10-5-4-9(16-3)6-11(10)13/h4-6H,1,7H2,2-3H3,(H,14,15). The van der Waals surface area contributed by atoms with Crippen molar-refractivity contribution in [2.24, 2.45) is 0 Å². The van der Waals surface area contributed by atoms with Crippen LogP contribution in [-0.4, -0.2) is 19.6 Å². The molecule has 1 rings (SSSR count). The van der Waals surface area contributed by atoms with Gasteiger partial charge < -0.3 is 10.1 Å². The second kappa shape index (κ2) is 5.70. The van der Waals surface area contributed by atoms with Crippen LogP contribution < -0.4 is 10.1 Å². The Balaban J connectivity index is 2.79. The van der Waals surface area contributed by atoms with Crippen molar-refractivity contribution < 1.29 is 9.53 Å². The van der Waals surface area contributed by atoms with Crippen LogP contribution in [0, 0.1) is 0 Å². The fourth-order valence-corrected chi connectivity index (χ4v) is 1.67. The molecule has 86 valence electrons. The van der Waals surface area contributed by atoms with E-state index in [1.807, 2.05) is 6.92 Å². The van der Waals surface area contributed by atoms with Crippen LogP contribution in [0.2, 0.25) is 0 Å². The van der Waals surface area contributed by atoms with E-state index in [1.54, 1.807) is 25.3 Å². The first kappa shape index (κ1) is 12.8. The molecule has 0 radical (unpaired) electrons. The molecule has 0 aliphatic carbocycles. The number of carbonyl (C=O) groups is 1. The number of ether oxygens (including phenoxy) is 1. The van der Waals surface area contributed by atoms with Gasteiger partial charge in [-0.15, -0.1) is 0 Å². The first-order valence-corrected chi connectivity index (χ1v) is 5.60. The van der Waals surface area contributed by atoms with Crippen molar-refractivity contribution in [2.45, 2.75) is 6.92 Å². The first-order chi connectivity index (χ1) is 7.54. The van der Waals surface area contributed by atoms with E-state index in [0.29, 0.717) is 22.3 Å². The summed E-state index contributed by atoms with van der Waals surface area (Å²) in [4.78, 5) is 11.7. The molecule has 0 saturated heterocycles. The molecule has 0 spiro atoms. The zero-order chi connectivity index (χ0) is 12.1. The van der Waals surface area contributed by atoms with Crippen molar-refractivity contribution in [1.82, 2.24) is 5.32 Å². The van der Waals surface area contributed by atoms with Crippen LogP contribution in [0.15, 0.2) is 34.8 Å². The summed E-state index contributed by atoms with van der Waals surface area (Å²) in [7, 11) is 1.59. The minimum Gasteiger partial charge on any atom is -0.497 e. The third-order valence-electron chi connectivity index (χ3n) is 1.97. The van der Waals surface area contributed by atoms with Gasteiger partial charge >= 0.3 is 0 Å². The summed E-state index contributed by atoms with van der Waals surface area (Å²) in [6.45, 7) is 6.07. The highest BCUT2D eigenvalue weighted by Gasteiger charge is 2.09. The van der Waals surface area contributed by atoms with Crippen LogP contribution in [-0.2, 0) is 0 Å². The summed E-state index contributed by atoms with van der Waals surface area (Å²) in [6, 6.07) is 5.23. The number of halogens is 1. The average molecular weight is 284 g/mol. The smallest absolute Gasteiger partial charge is 0.252 e. The molecule has 1 aromatic rings. The number of amides is 1. The third kappa shape index (κ3) is 3.38. The van der Waals surface area contributed by atoms with Crippen LogP contribution in [0.5, 0.6) is 5.75 Å². The summed E-state index contributed by atoms with van der Waals surface area (Å²) < 4.78 is 5.77. The molecule has 0 saturated carbocycles. The van der Waals surface area contributed by atoms with Gasteiger partial charge in [-0.3, -0.25) is 4.79 Å². The number of hydrogen-bond donors (Lipinski definition) is 1. The Labute approximate surface area is 104 Å². The summed E-state index contributed by atoms with van der Waals surface area (Å²) in [5.74, 6) is 0.584. The van der Waals surface area contributed by atoms with Gasteiger partial charge in [0.15, 0.2) is 0 Å². The second-order valence-electron chi connectivity index (χ2n) is 3.49. The molecule has 0 aliphatic heterocycles. The van der Waals surface area contributed by atoms with Crippen LogP contribution in [0.1, 0.15) is 17.3 Å². The summed E-state index contributed by atoms with van der Waals surface area (Å²) in [5.41, 5.74) is 1.50. The molecule has 3 nitrogen and oxygen atoms in total. The normalized spacial score (nSPS) is 9.69. The second-order valence-corrected chi connectivity index (χ2v) is 4.34. The maximum atomic E-state index is 11.7. The largest absolute Gasteiger partial charge is 0.497 e. The Morgan fingerprint density at radius 2 is 2.25 bits per heavy atom. The summed E-state index contributed by atoms with van der Waals surface area (Å²) in [5, 5.41) is 2.77. The van der Waals surface area contributed by atoms with Gasteiger partial charge in [0.2, 0.25) is 0 Å². The summed E-state index contributed by atoms with van der Waals surface area (Å²) >= 11 is 3.33. The van der Waals surface area contributed by atoms with Gasteiger partial charge in [-0.05, 0) is 41.1 Å². The van der Waals surface area contributed by atoms with Gasteiger partial charge in [0, 0.05) is 11.0 Å².